The van der Waals surface area contributed by atoms with Crippen LogP contribution < -0.4 is 11.1 Å². The molecule has 0 radical (unpaired) electrons. The van der Waals surface area contributed by atoms with E-state index in [4.69, 9.17) is 5.73 Å². The van der Waals surface area contributed by atoms with Crippen molar-refractivity contribution in [3.63, 3.8) is 0 Å². The Morgan fingerprint density at radius 2 is 2.57 bits per heavy atom. The fourth-order valence-electron chi connectivity index (χ4n) is 0.902. The van der Waals surface area contributed by atoms with Gasteiger partial charge in [0, 0.05) is 6.54 Å². The molecule has 1 amide bonds. The van der Waals surface area contributed by atoms with E-state index in [9.17, 15) is 4.79 Å². The average Bonchev–Trinajstić information content (AvgIpc) is 2.52. The molecule has 14 heavy (non-hydrogen) atoms. The third-order valence-electron chi connectivity index (χ3n) is 1.53. The molecule has 76 valence electrons. The summed E-state index contributed by atoms with van der Waals surface area (Å²) >= 11 is 0. The summed E-state index contributed by atoms with van der Waals surface area (Å²) in [6.45, 7) is 4.28. The molecular formula is C8H13N5O. The molecule has 1 aromatic heterocycles. The molecule has 1 rings (SSSR count). The van der Waals surface area contributed by atoms with Crippen LogP contribution in [0, 0.1) is 0 Å². The Balaban J connectivity index is 2.30. The van der Waals surface area contributed by atoms with Gasteiger partial charge >= 0.3 is 0 Å². The highest BCUT2D eigenvalue weighted by Crippen LogP contribution is 1.88. The summed E-state index contributed by atoms with van der Waals surface area (Å²) in [5.74, 6) is 0.0561. The van der Waals surface area contributed by atoms with Gasteiger partial charge in [-0.25, -0.2) is 9.67 Å². The molecule has 0 aliphatic carbocycles. The van der Waals surface area contributed by atoms with Gasteiger partial charge in [-0.15, -0.1) is 11.7 Å². The summed E-state index contributed by atoms with van der Waals surface area (Å²) in [6, 6.07) is 0. The molecule has 0 unspecified atom stereocenters. The quantitative estimate of drug-likeness (QED) is 0.492. The predicted molar refractivity (Wildman–Crippen MR) is 52.3 cm³/mol. The first kappa shape index (κ1) is 10.2. The first-order chi connectivity index (χ1) is 6.72. The van der Waals surface area contributed by atoms with E-state index in [0.29, 0.717) is 6.54 Å². The van der Waals surface area contributed by atoms with E-state index in [-0.39, 0.29) is 18.4 Å². The van der Waals surface area contributed by atoms with Gasteiger partial charge in [0.05, 0.1) is 0 Å². The fourth-order valence-corrected chi connectivity index (χ4v) is 0.902. The molecule has 0 bridgehead atoms. The third-order valence-corrected chi connectivity index (χ3v) is 1.53. The minimum Gasteiger partial charge on any atom is -0.367 e. The maximum atomic E-state index is 11.2. The number of rotatable bonds is 5. The molecular weight excluding hydrogens is 182 g/mol. The van der Waals surface area contributed by atoms with Crippen LogP contribution >= 0.6 is 0 Å². The van der Waals surface area contributed by atoms with Crippen molar-refractivity contribution >= 4 is 11.9 Å². The lowest BCUT2D eigenvalue weighted by Gasteiger charge is -2.02. The van der Waals surface area contributed by atoms with Crippen LogP contribution in [0.15, 0.2) is 19.0 Å². The van der Waals surface area contributed by atoms with E-state index in [0.717, 1.165) is 6.42 Å². The Kier molecular flexibility index (Phi) is 3.66. The number of nitrogens with zero attached hydrogens (tertiary/aromatic N) is 3. The van der Waals surface area contributed by atoms with E-state index < -0.39 is 0 Å². The highest BCUT2D eigenvalue weighted by atomic mass is 16.2. The Bertz CT molecular complexity index is 319. The van der Waals surface area contributed by atoms with E-state index >= 15 is 0 Å². The third kappa shape index (κ3) is 3.26. The summed E-state index contributed by atoms with van der Waals surface area (Å²) in [5.41, 5.74) is 5.29. The molecule has 0 fully saturated rings. The number of carbonyl (C=O) groups excluding carboxylic acids is 1. The van der Waals surface area contributed by atoms with Crippen molar-refractivity contribution in [1.29, 1.82) is 0 Å². The van der Waals surface area contributed by atoms with Crippen molar-refractivity contribution < 1.29 is 4.79 Å². The molecule has 1 aromatic rings. The minimum absolute atomic E-state index is 0.114. The number of nitrogen functional groups attached to an aromatic ring is 1. The number of hydrogen-bond donors (Lipinski definition) is 2. The summed E-state index contributed by atoms with van der Waals surface area (Å²) in [4.78, 5) is 14.9. The van der Waals surface area contributed by atoms with Crippen LogP contribution in [-0.4, -0.2) is 27.2 Å². The maximum absolute atomic E-state index is 11.2. The molecule has 0 aliphatic rings. The first-order valence-corrected chi connectivity index (χ1v) is 4.25. The molecule has 1 heterocycles. The van der Waals surface area contributed by atoms with Crippen LogP contribution in [0.5, 0.6) is 0 Å². The molecule has 0 saturated carbocycles. The zero-order valence-corrected chi connectivity index (χ0v) is 7.81. The van der Waals surface area contributed by atoms with Crippen molar-refractivity contribution in [2.45, 2.75) is 13.0 Å². The van der Waals surface area contributed by atoms with E-state index in [1.54, 1.807) is 6.08 Å². The molecule has 6 nitrogen and oxygen atoms in total. The van der Waals surface area contributed by atoms with E-state index in [2.05, 4.69) is 22.0 Å². The van der Waals surface area contributed by atoms with Crippen LogP contribution in [0.1, 0.15) is 6.42 Å². The Morgan fingerprint density at radius 3 is 3.14 bits per heavy atom. The molecule has 0 aromatic carbocycles. The summed E-state index contributed by atoms with van der Waals surface area (Å²) in [5, 5.41) is 6.48. The van der Waals surface area contributed by atoms with E-state index in [1.165, 1.54) is 11.0 Å². The largest absolute Gasteiger partial charge is 0.367 e. The second kappa shape index (κ2) is 5.00. The van der Waals surface area contributed by atoms with Crippen molar-refractivity contribution in [1.82, 2.24) is 20.1 Å². The van der Waals surface area contributed by atoms with Crippen molar-refractivity contribution in [2.75, 3.05) is 12.3 Å². The zero-order valence-electron chi connectivity index (χ0n) is 7.81. The first-order valence-electron chi connectivity index (χ1n) is 4.25. The Hall–Kier alpha value is -1.85. The van der Waals surface area contributed by atoms with E-state index in [1.807, 2.05) is 0 Å². The number of hydrogen-bond acceptors (Lipinski definition) is 4. The standard InChI is InChI=1S/C8H13N5O/c1-2-3-4-10-7(14)5-13-6-11-8(9)12-13/h2,6H,1,3-5H2,(H2,9,12)(H,10,14). The normalized spacial score (nSPS) is 9.71. The van der Waals surface area contributed by atoms with Crippen LogP contribution in [0.2, 0.25) is 0 Å². The highest BCUT2D eigenvalue weighted by Gasteiger charge is 2.02. The number of anilines is 1. The lowest BCUT2D eigenvalue weighted by atomic mass is 10.4. The fraction of sp³-hybridized carbons (Fsp3) is 0.375. The minimum atomic E-state index is -0.114. The Morgan fingerprint density at radius 1 is 1.79 bits per heavy atom. The van der Waals surface area contributed by atoms with Crippen LogP contribution in [-0.2, 0) is 11.3 Å². The molecule has 0 aliphatic heterocycles. The number of carbonyl (C=O) groups is 1. The van der Waals surface area contributed by atoms with Gasteiger partial charge in [-0.05, 0) is 6.42 Å². The molecule has 6 heteroatoms. The van der Waals surface area contributed by atoms with Gasteiger partial charge in [0.15, 0.2) is 0 Å². The molecule has 0 spiro atoms. The van der Waals surface area contributed by atoms with Gasteiger partial charge < -0.3 is 11.1 Å². The summed E-state index contributed by atoms with van der Waals surface area (Å²) in [6.07, 6.45) is 3.92. The van der Waals surface area contributed by atoms with Gasteiger partial charge in [0.2, 0.25) is 11.9 Å². The van der Waals surface area contributed by atoms with Crippen LogP contribution in [0.3, 0.4) is 0 Å². The summed E-state index contributed by atoms with van der Waals surface area (Å²) < 4.78 is 1.39. The predicted octanol–water partition coefficient (Wildman–Crippen LogP) is -0.447. The van der Waals surface area contributed by atoms with Gasteiger partial charge in [0.25, 0.3) is 0 Å². The number of nitrogens with two attached hydrogens (primary N) is 1. The highest BCUT2D eigenvalue weighted by molar-refractivity contribution is 5.75. The number of nitrogens with one attached hydrogen (secondary N) is 1. The smallest absolute Gasteiger partial charge is 0.241 e. The average molecular weight is 195 g/mol. The lowest BCUT2D eigenvalue weighted by Crippen LogP contribution is -2.28. The van der Waals surface area contributed by atoms with Gasteiger partial charge in [-0.1, -0.05) is 6.08 Å². The second-order valence-electron chi connectivity index (χ2n) is 2.73. The maximum Gasteiger partial charge on any atom is 0.241 e. The Labute approximate surface area is 81.8 Å². The molecule has 0 atom stereocenters. The van der Waals surface area contributed by atoms with Crippen LogP contribution in [0.4, 0.5) is 5.95 Å². The monoisotopic (exact) mass is 195 g/mol. The van der Waals surface area contributed by atoms with Crippen molar-refractivity contribution in [3.05, 3.63) is 19.0 Å². The van der Waals surface area contributed by atoms with Crippen LogP contribution in [0.25, 0.3) is 0 Å². The second-order valence-corrected chi connectivity index (χ2v) is 2.73. The topological polar surface area (TPSA) is 85.8 Å². The van der Waals surface area contributed by atoms with Gasteiger partial charge in [-0.3, -0.25) is 4.79 Å². The van der Waals surface area contributed by atoms with Crippen molar-refractivity contribution in [2.24, 2.45) is 0 Å². The van der Waals surface area contributed by atoms with Crippen molar-refractivity contribution in [3.8, 4) is 0 Å². The molecule has 0 saturated heterocycles. The number of aromatic nitrogens is 3. The summed E-state index contributed by atoms with van der Waals surface area (Å²) in [7, 11) is 0. The zero-order chi connectivity index (χ0) is 10.4. The van der Waals surface area contributed by atoms with Gasteiger partial charge in [0.1, 0.15) is 12.9 Å². The SMILES string of the molecule is C=CCCNC(=O)Cn1cnc(N)n1. The molecule has 3 N–H and O–H groups in total. The van der Waals surface area contributed by atoms with Gasteiger partial charge in [-0.2, -0.15) is 0 Å². The number of amides is 1. The lowest BCUT2D eigenvalue weighted by molar-refractivity contribution is -0.121.